The molecular formula is C13H14N2O4. The summed E-state index contributed by atoms with van der Waals surface area (Å²) in [6.07, 6.45) is -3.82. The second kappa shape index (κ2) is 7.16. The molecule has 0 aliphatic rings. The largest absolute Gasteiger partial charge is 0.380 e. The van der Waals surface area contributed by atoms with Crippen molar-refractivity contribution < 1.29 is 19.8 Å². The average Bonchev–Trinajstić information content (AvgIpc) is 2.42. The fraction of sp³-hybridized carbons (Fsp3) is 0.231. The molecule has 1 unspecified atom stereocenters. The lowest BCUT2D eigenvalue weighted by Gasteiger charge is -2.13. The Balaban J connectivity index is 2.44. The summed E-state index contributed by atoms with van der Waals surface area (Å²) in [4.78, 5) is 21.9. The van der Waals surface area contributed by atoms with E-state index >= 15 is 0 Å². The van der Waals surface area contributed by atoms with E-state index in [1.807, 2.05) is 18.2 Å². The minimum atomic E-state index is -1.93. The van der Waals surface area contributed by atoms with Crippen molar-refractivity contribution >= 4 is 11.8 Å². The van der Waals surface area contributed by atoms with Gasteiger partial charge in [-0.3, -0.25) is 9.59 Å². The normalized spacial score (nSPS) is 12.7. The summed E-state index contributed by atoms with van der Waals surface area (Å²) in [5.41, 5.74) is 5.54. The van der Waals surface area contributed by atoms with Crippen LogP contribution >= 0.6 is 0 Å². The summed E-state index contributed by atoms with van der Waals surface area (Å²) >= 11 is 0. The van der Waals surface area contributed by atoms with Gasteiger partial charge in [0, 0.05) is 5.56 Å². The molecule has 0 saturated carbocycles. The van der Waals surface area contributed by atoms with Crippen molar-refractivity contribution in [3.63, 3.8) is 0 Å². The number of carbonyl (C=O) groups excluding carboxylic acids is 2. The molecule has 6 heteroatoms. The van der Waals surface area contributed by atoms with Gasteiger partial charge < -0.3 is 21.3 Å². The molecule has 2 atom stereocenters. The first-order valence-corrected chi connectivity index (χ1v) is 5.49. The van der Waals surface area contributed by atoms with Gasteiger partial charge in [0.15, 0.2) is 12.2 Å². The smallest absolute Gasteiger partial charge is 0.252 e. The van der Waals surface area contributed by atoms with Gasteiger partial charge >= 0.3 is 0 Å². The molecule has 1 rings (SSSR count). The van der Waals surface area contributed by atoms with Crippen LogP contribution in [-0.2, 0) is 9.59 Å². The van der Waals surface area contributed by atoms with Gasteiger partial charge in [0.2, 0.25) is 5.91 Å². The first-order valence-electron chi connectivity index (χ1n) is 5.49. The van der Waals surface area contributed by atoms with Crippen LogP contribution in [0.5, 0.6) is 0 Å². The molecule has 0 aliphatic carbocycles. The Morgan fingerprint density at radius 1 is 1.21 bits per heavy atom. The number of hydrogen-bond acceptors (Lipinski definition) is 4. The third kappa shape index (κ3) is 4.79. The SMILES string of the molecule is NC(=O)[C@H](O)C(O)C(=O)NCC#Cc1ccccc1. The fourth-order valence-electron chi connectivity index (χ4n) is 1.20. The van der Waals surface area contributed by atoms with E-state index < -0.39 is 24.0 Å². The lowest BCUT2D eigenvalue weighted by molar-refractivity contribution is -0.144. The minimum absolute atomic E-state index is 0.0176. The number of nitrogens with two attached hydrogens (primary N) is 1. The number of hydrogen-bond donors (Lipinski definition) is 4. The highest BCUT2D eigenvalue weighted by atomic mass is 16.3. The molecule has 0 spiro atoms. The molecule has 2 amide bonds. The molecule has 0 fully saturated rings. The first-order chi connectivity index (χ1) is 9.02. The molecule has 6 nitrogen and oxygen atoms in total. The Morgan fingerprint density at radius 2 is 1.84 bits per heavy atom. The van der Waals surface area contributed by atoms with Crippen molar-refractivity contribution in [2.75, 3.05) is 6.54 Å². The van der Waals surface area contributed by atoms with E-state index in [4.69, 9.17) is 10.8 Å². The van der Waals surface area contributed by atoms with Gasteiger partial charge in [-0.2, -0.15) is 0 Å². The molecule has 0 aliphatic heterocycles. The molecule has 1 aromatic rings. The topological polar surface area (TPSA) is 113 Å². The highest BCUT2D eigenvalue weighted by Gasteiger charge is 2.27. The number of aliphatic hydroxyl groups excluding tert-OH is 2. The Bertz CT molecular complexity index is 504. The number of carbonyl (C=O) groups is 2. The van der Waals surface area contributed by atoms with Crippen LogP contribution in [0.3, 0.4) is 0 Å². The van der Waals surface area contributed by atoms with Crippen molar-refractivity contribution in [3.05, 3.63) is 35.9 Å². The molecule has 0 aromatic heterocycles. The summed E-state index contributed by atoms with van der Waals surface area (Å²) in [5, 5.41) is 20.6. The van der Waals surface area contributed by atoms with Crippen molar-refractivity contribution in [2.45, 2.75) is 12.2 Å². The summed E-state index contributed by atoms with van der Waals surface area (Å²) in [6.45, 7) is -0.0176. The zero-order chi connectivity index (χ0) is 14.3. The lowest BCUT2D eigenvalue weighted by atomic mass is 10.2. The number of aliphatic hydroxyl groups is 2. The van der Waals surface area contributed by atoms with Gasteiger partial charge in [0.05, 0.1) is 6.54 Å². The predicted molar refractivity (Wildman–Crippen MR) is 67.5 cm³/mol. The number of primary amides is 1. The molecule has 0 saturated heterocycles. The van der Waals surface area contributed by atoms with Crippen LogP contribution in [0.15, 0.2) is 30.3 Å². The molecule has 0 radical (unpaired) electrons. The summed E-state index contributed by atoms with van der Waals surface area (Å²) < 4.78 is 0. The van der Waals surface area contributed by atoms with Gasteiger partial charge in [0.1, 0.15) is 0 Å². The zero-order valence-electron chi connectivity index (χ0n) is 10.0. The Hall–Kier alpha value is -2.36. The van der Waals surface area contributed by atoms with Gasteiger partial charge in [-0.25, -0.2) is 0 Å². The minimum Gasteiger partial charge on any atom is -0.380 e. The second-order valence-electron chi connectivity index (χ2n) is 3.68. The number of nitrogens with one attached hydrogen (secondary N) is 1. The number of benzene rings is 1. The molecule has 1 aromatic carbocycles. The highest BCUT2D eigenvalue weighted by molar-refractivity contribution is 5.89. The van der Waals surface area contributed by atoms with E-state index in [2.05, 4.69) is 17.2 Å². The Labute approximate surface area is 110 Å². The molecule has 0 heterocycles. The van der Waals surface area contributed by atoms with Crippen LogP contribution in [-0.4, -0.2) is 40.8 Å². The lowest BCUT2D eigenvalue weighted by Crippen LogP contribution is -2.48. The summed E-state index contributed by atoms with van der Waals surface area (Å²) in [6, 6.07) is 9.13. The van der Waals surface area contributed by atoms with Crippen LogP contribution in [0.1, 0.15) is 5.56 Å². The molecular weight excluding hydrogens is 248 g/mol. The van der Waals surface area contributed by atoms with E-state index in [1.165, 1.54) is 0 Å². The van der Waals surface area contributed by atoms with E-state index in [0.717, 1.165) is 5.56 Å². The van der Waals surface area contributed by atoms with E-state index in [-0.39, 0.29) is 6.54 Å². The Kier molecular flexibility index (Phi) is 5.54. The molecule has 19 heavy (non-hydrogen) atoms. The third-order valence-electron chi connectivity index (χ3n) is 2.22. The van der Waals surface area contributed by atoms with Gasteiger partial charge in [-0.1, -0.05) is 30.0 Å². The van der Waals surface area contributed by atoms with Crippen LogP contribution in [0.2, 0.25) is 0 Å². The van der Waals surface area contributed by atoms with Crippen LogP contribution in [0.4, 0.5) is 0 Å². The summed E-state index contributed by atoms with van der Waals surface area (Å²) in [5.74, 6) is 3.38. The van der Waals surface area contributed by atoms with Crippen LogP contribution < -0.4 is 11.1 Å². The van der Waals surface area contributed by atoms with E-state index in [0.29, 0.717) is 0 Å². The Morgan fingerprint density at radius 3 is 2.42 bits per heavy atom. The van der Waals surface area contributed by atoms with Crippen LogP contribution in [0.25, 0.3) is 0 Å². The fourth-order valence-corrected chi connectivity index (χ4v) is 1.20. The van der Waals surface area contributed by atoms with Gasteiger partial charge in [0.25, 0.3) is 5.91 Å². The maximum absolute atomic E-state index is 11.3. The first kappa shape index (κ1) is 14.7. The van der Waals surface area contributed by atoms with Crippen LogP contribution in [0, 0.1) is 11.8 Å². The zero-order valence-corrected chi connectivity index (χ0v) is 10.0. The quantitative estimate of drug-likeness (QED) is 0.487. The van der Waals surface area contributed by atoms with Gasteiger partial charge in [-0.15, -0.1) is 0 Å². The standard InChI is InChI=1S/C13H14N2O4/c14-12(18)10(16)11(17)13(19)15-8-4-7-9-5-2-1-3-6-9/h1-3,5-6,10-11,16-17H,8H2,(H2,14,18)(H,15,19)/t10-,11?/m1/s1. The van der Waals surface area contributed by atoms with Crippen molar-refractivity contribution in [1.82, 2.24) is 5.32 Å². The molecule has 0 bridgehead atoms. The highest BCUT2D eigenvalue weighted by Crippen LogP contribution is 1.94. The molecule has 100 valence electrons. The monoisotopic (exact) mass is 262 g/mol. The second-order valence-corrected chi connectivity index (χ2v) is 3.68. The predicted octanol–water partition coefficient (Wildman–Crippen LogP) is -1.64. The third-order valence-corrected chi connectivity index (χ3v) is 2.22. The van der Waals surface area contributed by atoms with Gasteiger partial charge in [-0.05, 0) is 12.1 Å². The van der Waals surface area contributed by atoms with E-state index in [1.54, 1.807) is 12.1 Å². The maximum Gasteiger partial charge on any atom is 0.252 e. The number of rotatable bonds is 4. The van der Waals surface area contributed by atoms with Crippen molar-refractivity contribution in [3.8, 4) is 11.8 Å². The van der Waals surface area contributed by atoms with Crippen molar-refractivity contribution in [1.29, 1.82) is 0 Å². The van der Waals surface area contributed by atoms with Crippen molar-refractivity contribution in [2.24, 2.45) is 5.73 Å². The summed E-state index contributed by atoms with van der Waals surface area (Å²) in [7, 11) is 0. The van der Waals surface area contributed by atoms with E-state index in [9.17, 15) is 14.7 Å². The number of amides is 2. The molecule has 5 N–H and O–H groups in total. The maximum atomic E-state index is 11.3. The average molecular weight is 262 g/mol.